The molecule has 1 fully saturated rings. The number of rotatable bonds is 5. The molecule has 1 aliphatic heterocycles. The Hall–Kier alpha value is -2.60. The molecule has 0 aliphatic carbocycles. The van der Waals surface area contributed by atoms with E-state index in [4.69, 9.17) is 4.42 Å². The average molecular weight is 341 g/mol. The molecule has 1 saturated heterocycles. The zero-order valence-corrected chi connectivity index (χ0v) is 14.4. The first-order chi connectivity index (χ1) is 12.1. The van der Waals surface area contributed by atoms with Gasteiger partial charge >= 0.3 is 0 Å². The molecule has 6 nitrogen and oxygen atoms in total. The van der Waals surface area contributed by atoms with Gasteiger partial charge in [0, 0.05) is 31.7 Å². The maximum atomic E-state index is 12.4. The fourth-order valence-corrected chi connectivity index (χ4v) is 2.97. The number of hydrogen-bond donors (Lipinski definition) is 1. The van der Waals surface area contributed by atoms with Crippen molar-refractivity contribution in [2.45, 2.75) is 13.0 Å². The van der Waals surface area contributed by atoms with Crippen molar-refractivity contribution in [1.29, 1.82) is 0 Å². The van der Waals surface area contributed by atoms with Gasteiger partial charge < -0.3 is 14.6 Å². The van der Waals surface area contributed by atoms with Crippen molar-refractivity contribution < 1.29 is 14.0 Å². The van der Waals surface area contributed by atoms with E-state index in [0.717, 1.165) is 5.76 Å². The summed E-state index contributed by atoms with van der Waals surface area (Å²) in [7, 11) is 0. The van der Waals surface area contributed by atoms with Crippen LogP contribution in [0.4, 0.5) is 0 Å². The molecule has 2 amide bonds. The predicted octanol–water partition coefficient (Wildman–Crippen LogP) is 1.91. The summed E-state index contributed by atoms with van der Waals surface area (Å²) in [6, 6.07) is 12.8. The fraction of sp³-hybridized carbons (Fsp3) is 0.368. The Morgan fingerprint density at radius 2 is 1.80 bits per heavy atom. The van der Waals surface area contributed by atoms with Crippen LogP contribution in [0.1, 0.15) is 29.1 Å². The molecule has 132 valence electrons. The Kier molecular flexibility index (Phi) is 5.50. The smallest absolute Gasteiger partial charge is 0.253 e. The van der Waals surface area contributed by atoms with Crippen LogP contribution in [0.3, 0.4) is 0 Å². The molecule has 0 radical (unpaired) electrons. The SMILES string of the molecule is CC(NC(=O)CN1CCN(C(=O)c2ccccc2)CC1)c1ccco1. The highest BCUT2D eigenvalue weighted by Crippen LogP contribution is 2.12. The third kappa shape index (κ3) is 4.48. The lowest BCUT2D eigenvalue weighted by molar-refractivity contribution is -0.123. The van der Waals surface area contributed by atoms with Gasteiger partial charge in [0.05, 0.1) is 18.8 Å². The molecule has 3 rings (SSSR count). The quantitative estimate of drug-likeness (QED) is 0.902. The van der Waals surface area contributed by atoms with Crippen LogP contribution in [0.5, 0.6) is 0 Å². The number of carbonyl (C=O) groups is 2. The fourth-order valence-electron chi connectivity index (χ4n) is 2.97. The van der Waals surface area contributed by atoms with E-state index in [2.05, 4.69) is 10.2 Å². The molecule has 0 saturated carbocycles. The van der Waals surface area contributed by atoms with Crippen LogP contribution in [0.2, 0.25) is 0 Å². The molecule has 1 N–H and O–H groups in total. The Morgan fingerprint density at radius 3 is 2.44 bits per heavy atom. The topological polar surface area (TPSA) is 65.8 Å². The van der Waals surface area contributed by atoms with Crippen LogP contribution >= 0.6 is 0 Å². The molecule has 1 aromatic carbocycles. The van der Waals surface area contributed by atoms with Gasteiger partial charge in [-0.25, -0.2) is 0 Å². The molecule has 0 spiro atoms. The summed E-state index contributed by atoms with van der Waals surface area (Å²) in [5.74, 6) is 0.759. The van der Waals surface area contributed by atoms with E-state index in [1.807, 2.05) is 48.2 Å². The molecule has 1 unspecified atom stereocenters. The first-order valence-electron chi connectivity index (χ1n) is 8.53. The van der Waals surface area contributed by atoms with Crippen molar-refractivity contribution >= 4 is 11.8 Å². The zero-order valence-electron chi connectivity index (χ0n) is 14.4. The van der Waals surface area contributed by atoms with Crippen molar-refractivity contribution in [3.63, 3.8) is 0 Å². The van der Waals surface area contributed by atoms with Gasteiger partial charge in [0.2, 0.25) is 5.91 Å². The van der Waals surface area contributed by atoms with E-state index in [1.54, 1.807) is 12.3 Å². The van der Waals surface area contributed by atoms with E-state index in [0.29, 0.717) is 38.3 Å². The van der Waals surface area contributed by atoms with E-state index >= 15 is 0 Å². The van der Waals surface area contributed by atoms with E-state index in [1.165, 1.54) is 0 Å². The zero-order chi connectivity index (χ0) is 17.6. The van der Waals surface area contributed by atoms with Crippen LogP contribution in [0.15, 0.2) is 53.1 Å². The molecular weight excluding hydrogens is 318 g/mol. The number of amides is 2. The number of hydrogen-bond acceptors (Lipinski definition) is 4. The first-order valence-corrected chi connectivity index (χ1v) is 8.53. The van der Waals surface area contributed by atoms with Crippen LogP contribution in [0.25, 0.3) is 0 Å². The van der Waals surface area contributed by atoms with Crippen LogP contribution in [0, 0.1) is 0 Å². The lowest BCUT2D eigenvalue weighted by Gasteiger charge is -2.34. The molecule has 1 atom stereocenters. The van der Waals surface area contributed by atoms with E-state index in [-0.39, 0.29) is 17.9 Å². The maximum absolute atomic E-state index is 12.4. The second kappa shape index (κ2) is 7.98. The molecule has 2 aromatic rings. The Labute approximate surface area is 147 Å². The first kappa shape index (κ1) is 17.2. The van der Waals surface area contributed by atoms with Gasteiger partial charge in [0.25, 0.3) is 5.91 Å². The second-order valence-electron chi connectivity index (χ2n) is 6.24. The summed E-state index contributed by atoms with van der Waals surface area (Å²) >= 11 is 0. The van der Waals surface area contributed by atoms with E-state index < -0.39 is 0 Å². The minimum atomic E-state index is -0.150. The predicted molar refractivity (Wildman–Crippen MR) is 94.1 cm³/mol. The largest absolute Gasteiger partial charge is 0.467 e. The van der Waals surface area contributed by atoms with Gasteiger partial charge in [-0.2, -0.15) is 0 Å². The van der Waals surface area contributed by atoms with Gasteiger partial charge in [0.1, 0.15) is 5.76 Å². The Balaban J connectivity index is 1.44. The molecule has 25 heavy (non-hydrogen) atoms. The van der Waals surface area contributed by atoms with Crippen molar-refractivity contribution in [3.8, 4) is 0 Å². The number of carbonyl (C=O) groups excluding carboxylic acids is 2. The maximum Gasteiger partial charge on any atom is 0.253 e. The highest BCUT2D eigenvalue weighted by molar-refractivity contribution is 5.94. The number of benzene rings is 1. The van der Waals surface area contributed by atoms with E-state index in [9.17, 15) is 9.59 Å². The molecule has 1 aromatic heterocycles. The van der Waals surface area contributed by atoms with Gasteiger partial charge in [-0.3, -0.25) is 14.5 Å². The van der Waals surface area contributed by atoms with Crippen LogP contribution in [-0.4, -0.2) is 54.3 Å². The summed E-state index contributed by atoms with van der Waals surface area (Å²) in [5.41, 5.74) is 0.709. The number of furan rings is 1. The number of nitrogens with zero attached hydrogens (tertiary/aromatic N) is 2. The summed E-state index contributed by atoms with van der Waals surface area (Å²) in [6.45, 7) is 4.89. The molecule has 6 heteroatoms. The van der Waals surface area contributed by atoms with Crippen LogP contribution in [-0.2, 0) is 4.79 Å². The highest BCUT2D eigenvalue weighted by atomic mass is 16.3. The van der Waals surface area contributed by atoms with Crippen LogP contribution < -0.4 is 5.32 Å². The third-order valence-electron chi connectivity index (χ3n) is 4.39. The summed E-state index contributed by atoms with van der Waals surface area (Å²) in [5, 5.41) is 2.93. The summed E-state index contributed by atoms with van der Waals surface area (Å²) < 4.78 is 5.30. The van der Waals surface area contributed by atoms with Crippen molar-refractivity contribution in [3.05, 3.63) is 60.1 Å². The summed E-state index contributed by atoms with van der Waals surface area (Å²) in [4.78, 5) is 28.5. The highest BCUT2D eigenvalue weighted by Gasteiger charge is 2.23. The standard InChI is InChI=1S/C19H23N3O3/c1-15(17-8-5-13-25-17)20-18(23)14-21-9-11-22(12-10-21)19(24)16-6-3-2-4-7-16/h2-8,13,15H,9-12,14H2,1H3,(H,20,23). The number of nitrogens with one attached hydrogen (secondary N) is 1. The minimum absolute atomic E-state index is 0.0354. The molecule has 2 heterocycles. The lowest BCUT2D eigenvalue weighted by Crippen LogP contribution is -2.51. The molecule has 1 aliphatic rings. The third-order valence-corrected chi connectivity index (χ3v) is 4.39. The molecular formula is C19H23N3O3. The Morgan fingerprint density at radius 1 is 1.08 bits per heavy atom. The molecule has 0 bridgehead atoms. The van der Waals surface area contributed by atoms with Gasteiger partial charge in [-0.05, 0) is 31.2 Å². The van der Waals surface area contributed by atoms with Gasteiger partial charge in [0.15, 0.2) is 0 Å². The van der Waals surface area contributed by atoms with Gasteiger partial charge in [-0.15, -0.1) is 0 Å². The monoisotopic (exact) mass is 341 g/mol. The average Bonchev–Trinajstić information content (AvgIpc) is 3.17. The van der Waals surface area contributed by atoms with Gasteiger partial charge in [-0.1, -0.05) is 18.2 Å². The Bertz CT molecular complexity index is 692. The summed E-state index contributed by atoms with van der Waals surface area (Å²) in [6.07, 6.45) is 1.60. The van der Waals surface area contributed by atoms with Crippen molar-refractivity contribution in [1.82, 2.24) is 15.1 Å². The normalized spacial score (nSPS) is 16.4. The second-order valence-corrected chi connectivity index (χ2v) is 6.24. The van der Waals surface area contributed by atoms with Crippen molar-refractivity contribution in [2.75, 3.05) is 32.7 Å². The van der Waals surface area contributed by atoms with Crippen molar-refractivity contribution in [2.24, 2.45) is 0 Å². The number of piperazine rings is 1. The minimum Gasteiger partial charge on any atom is -0.467 e. The lowest BCUT2D eigenvalue weighted by atomic mass is 10.2.